The van der Waals surface area contributed by atoms with E-state index in [1.54, 1.807) is 4.68 Å². The first-order valence-electron chi connectivity index (χ1n) is 9.16. The minimum absolute atomic E-state index is 0.244. The maximum absolute atomic E-state index is 11.9. The van der Waals surface area contributed by atoms with Crippen LogP contribution in [-0.4, -0.2) is 39.1 Å². The highest BCUT2D eigenvalue weighted by Crippen LogP contribution is 2.15. The van der Waals surface area contributed by atoms with Crippen LogP contribution < -0.4 is 16.0 Å². The Morgan fingerprint density at radius 1 is 0.964 bits per heavy atom. The molecule has 0 atom stereocenters. The van der Waals surface area contributed by atoms with E-state index in [0.717, 1.165) is 28.2 Å². The smallest absolute Gasteiger partial charge is 0.319 e. The van der Waals surface area contributed by atoms with Crippen LogP contribution in [0.15, 0.2) is 36.4 Å². The summed E-state index contributed by atoms with van der Waals surface area (Å²) >= 11 is 0. The summed E-state index contributed by atoms with van der Waals surface area (Å²) in [4.78, 5) is 11.9. The number of hydrogen-bond donors (Lipinski definition) is 3. The van der Waals surface area contributed by atoms with Crippen molar-refractivity contribution in [1.82, 2.24) is 25.3 Å². The van der Waals surface area contributed by atoms with E-state index < -0.39 is 0 Å². The van der Waals surface area contributed by atoms with Gasteiger partial charge in [0, 0.05) is 24.5 Å². The van der Waals surface area contributed by atoms with Crippen LogP contribution >= 0.6 is 0 Å². The molecule has 0 saturated carbocycles. The third-order valence-corrected chi connectivity index (χ3v) is 4.55. The molecule has 146 valence electrons. The van der Waals surface area contributed by atoms with Gasteiger partial charge in [-0.15, -0.1) is 10.2 Å². The van der Waals surface area contributed by atoms with Gasteiger partial charge in [0.15, 0.2) is 5.82 Å². The topological polar surface area (TPSA) is 96.8 Å². The zero-order valence-corrected chi connectivity index (χ0v) is 16.6. The quantitative estimate of drug-likeness (QED) is 0.572. The zero-order chi connectivity index (χ0) is 20.1. The van der Waals surface area contributed by atoms with Crippen molar-refractivity contribution in [1.29, 1.82) is 0 Å². The van der Waals surface area contributed by atoms with Gasteiger partial charge in [0.05, 0.1) is 5.69 Å². The maximum Gasteiger partial charge on any atom is 0.319 e. The standard InChI is InChI=1S/C20H25N7O/c1-13-5-7-17(8-6-13)23-20(28)22-12-11-21-18-9-10-19(25-24-18)27-16(4)14(2)15(3)26-27/h5-10H,11-12H2,1-4H3,(H,21,24)(H2,22,23,28). The zero-order valence-electron chi connectivity index (χ0n) is 16.6. The highest BCUT2D eigenvalue weighted by Gasteiger charge is 2.10. The summed E-state index contributed by atoms with van der Waals surface area (Å²) in [5.41, 5.74) is 5.10. The Balaban J connectivity index is 1.45. The van der Waals surface area contributed by atoms with Crippen LogP contribution in [0.3, 0.4) is 0 Å². The summed E-state index contributed by atoms with van der Waals surface area (Å²) in [6.45, 7) is 9.02. The van der Waals surface area contributed by atoms with Crippen molar-refractivity contribution in [3.05, 3.63) is 58.9 Å². The number of aryl methyl sites for hydroxylation is 2. The minimum Gasteiger partial charge on any atom is -0.367 e. The van der Waals surface area contributed by atoms with Gasteiger partial charge in [-0.1, -0.05) is 17.7 Å². The summed E-state index contributed by atoms with van der Waals surface area (Å²) in [5, 5.41) is 21.6. The van der Waals surface area contributed by atoms with E-state index in [1.807, 2.05) is 64.1 Å². The summed E-state index contributed by atoms with van der Waals surface area (Å²) in [6.07, 6.45) is 0. The van der Waals surface area contributed by atoms with Crippen LogP contribution in [0.5, 0.6) is 0 Å². The molecule has 0 spiro atoms. The minimum atomic E-state index is -0.244. The van der Waals surface area contributed by atoms with Crippen molar-refractivity contribution in [3.8, 4) is 5.82 Å². The molecule has 0 radical (unpaired) electrons. The molecule has 0 fully saturated rings. The number of anilines is 2. The molecule has 3 N–H and O–H groups in total. The van der Waals surface area contributed by atoms with Crippen molar-refractivity contribution >= 4 is 17.5 Å². The highest BCUT2D eigenvalue weighted by molar-refractivity contribution is 5.89. The molecule has 0 saturated heterocycles. The Bertz CT molecular complexity index is 946. The molecule has 0 aliphatic heterocycles. The lowest BCUT2D eigenvalue weighted by atomic mass is 10.2. The third-order valence-electron chi connectivity index (χ3n) is 4.55. The van der Waals surface area contributed by atoms with Gasteiger partial charge < -0.3 is 16.0 Å². The number of nitrogens with zero attached hydrogens (tertiary/aromatic N) is 4. The SMILES string of the molecule is Cc1ccc(NC(=O)NCCNc2ccc(-n3nc(C)c(C)c3C)nn2)cc1. The van der Waals surface area contributed by atoms with Crippen molar-refractivity contribution in [2.24, 2.45) is 0 Å². The van der Waals surface area contributed by atoms with Gasteiger partial charge in [-0.05, 0) is 57.5 Å². The van der Waals surface area contributed by atoms with Gasteiger partial charge in [0.2, 0.25) is 0 Å². The van der Waals surface area contributed by atoms with Crippen LogP contribution in [0.25, 0.3) is 5.82 Å². The van der Waals surface area contributed by atoms with Crippen molar-refractivity contribution in [2.45, 2.75) is 27.7 Å². The summed E-state index contributed by atoms with van der Waals surface area (Å²) in [6, 6.07) is 11.1. The van der Waals surface area contributed by atoms with E-state index in [0.29, 0.717) is 24.7 Å². The lowest BCUT2D eigenvalue weighted by molar-refractivity contribution is 0.252. The van der Waals surface area contributed by atoms with Crippen LogP contribution in [0, 0.1) is 27.7 Å². The predicted octanol–water partition coefficient (Wildman–Crippen LogP) is 3.13. The van der Waals surface area contributed by atoms with Gasteiger partial charge in [0.25, 0.3) is 0 Å². The van der Waals surface area contributed by atoms with Crippen LogP contribution in [0.1, 0.15) is 22.5 Å². The first-order chi connectivity index (χ1) is 13.4. The fourth-order valence-corrected chi connectivity index (χ4v) is 2.65. The van der Waals surface area contributed by atoms with Gasteiger partial charge in [-0.25, -0.2) is 9.48 Å². The maximum atomic E-state index is 11.9. The molecule has 0 bridgehead atoms. The number of urea groups is 1. The molecule has 2 aromatic heterocycles. The molecule has 8 heteroatoms. The normalized spacial score (nSPS) is 10.6. The molecule has 0 aliphatic carbocycles. The van der Waals surface area contributed by atoms with Crippen molar-refractivity contribution in [3.63, 3.8) is 0 Å². The Morgan fingerprint density at radius 2 is 1.71 bits per heavy atom. The molecule has 3 aromatic rings. The van der Waals surface area contributed by atoms with Crippen molar-refractivity contribution < 1.29 is 4.79 Å². The number of rotatable bonds is 6. The average molecular weight is 379 g/mol. The number of hydrogen-bond acceptors (Lipinski definition) is 5. The van der Waals surface area contributed by atoms with Gasteiger partial charge in [-0.2, -0.15) is 5.10 Å². The molecule has 2 amide bonds. The number of nitrogens with one attached hydrogen (secondary N) is 3. The lowest BCUT2D eigenvalue weighted by Gasteiger charge is -2.09. The third kappa shape index (κ3) is 4.64. The molecule has 1 aromatic carbocycles. The largest absolute Gasteiger partial charge is 0.367 e. The van der Waals surface area contributed by atoms with E-state index in [-0.39, 0.29) is 6.03 Å². The first kappa shape index (κ1) is 19.3. The number of amides is 2. The fourth-order valence-electron chi connectivity index (χ4n) is 2.65. The van der Waals surface area contributed by atoms with E-state index in [9.17, 15) is 4.79 Å². The molecule has 28 heavy (non-hydrogen) atoms. The average Bonchev–Trinajstić information content (AvgIpc) is 2.95. The number of carbonyl (C=O) groups excluding carboxylic acids is 1. The molecule has 3 rings (SSSR count). The van der Waals surface area contributed by atoms with Crippen LogP contribution in [0.4, 0.5) is 16.3 Å². The Hall–Kier alpha value is -3.42. The summed E-state index contributed by atoms with van der Waals surface area (Å²) < 4.78 is 1.79. The van der Waals surface area contributed by atoms with Crippen molar-refractivity contribution in [2.75, 3.05) is 23.7 Å². The lowest BCUT2D eigenvalue weighted by Crippen LogP contribution is -2.32. The van der Waals surface area contributed by atoms with E-state index in [4.69, 9.17) is 0 Å². The number of carbonyl (C=O) groups is 1. The van der Waals surface area contributed by atoms with E-state index in [1.165, 1.54) is 0 Å². The Morgan fingerprint density at radius 3 is 2.32 bits per heavy atom. The summed E-state index contributed by atoms with van der Waals surface area (Å²) in [7, 11) is 0. The predicted molar refractivity (Wildman–Crippen MR) is 110 cm³/mol. The van der Waals surface area contributed by atoms with Crippen LogP contribution in [0.2, 0.25) is 0 Å². The second-order valence-corrected chi connectivity index (χ2v) is 6.66. The van der Waals surface area contributed by atoms with E-state index >= 15 is 0 Å². The molecule has 8 nitrogen and oxygen atoms in total. The second-order valence-electron chi connectivity index (χ2n) is 6.66. The monoisotopic (exact) mass is 379 g/mol. The molecular weight excluding hydrogens is 354 g/mol. The summed E-state index contributed by atoms with van der Waals surface area (Å²) in [5.74, 6) is 1.32. The number of aromatic nitrogens is 4. The molecule has 0 aliphatic rings. The van der Waals surface area contributed by atoms with E-state index in [2.05, 4.69) is 31.2 Å². The second kappa shape index (κ2) is 8.51. The highest BCUT2D eigenvalue weighted by atomic mass is 16.2. The van der Waals surface area contributed by atoms with Gasteiger partial charge in [-0.3, -0.25) is 0 Å². The Labute approximate surface area is 164 Å². The van der Waals surface area contributed by atoms with Gasteiger partial charge >= 0.3 is 6.03 Å². The fraction of sp³-hybridized carbons (Fsp3) is 0.300. The van der Waals surface area contributed by atoms with Gasteiger partial charge in [0.1, 0.15) is 5.82 Å². The number of benzene rings is 1. The Kier molecular flexibility index (Phi) is 5.88. The molecule has 2 heterocycles. The first-order valence-corrected chi connectivity index (χ1v) is 9.16. The van der Waals surface area contributed by atoms with Crippen LogP contribution in [-0.2, 0) is 0 Å². The molecular formula is C20H25N7O. The molecule has 0 unspecified atom stereocenters.